The number of carbonyl (C=O) groups is 1. The molecule has 0 aromatic heterocycles. The van der Waals surface area contributed by atoms with Gasteiger partial charge in [0.05, 0.1) is 6.61 Å². The fraction of sp³-hybridized carbons (Fsp3) is 0.640. The molecule has 2 nitrogen and oxygen atoms in total. The Kier molecular flexibility index (Phi) is 11.1. The first-order valence-electron chi connectivity index (χ1n) is 11.1. The van der Waals surface area contributed by atoms with Gasteiger partial charge >= 0.3 is 0 Å². The van der Waals surface area contributed by atoms with E-state index in [0.717, 1.165) is 45.3 Å². The standard InChI is InChI=1S/C25H38O2/c1-2-3-9-17-24-23(18-19-25(24)26)16-12-6-4-5-7-13-20-27-21-22-14-10-8-11-15-22/h3,8-11,14-15,23-24H,2,4-7,12-13,16-21H2,1H3/b9-3-. The van der Waals surface area contributed by atoms with Gasteiger partial charge in [-0.05, 0) is 43.6 Å². The van der Waals surface area contributed by atoms with Crippen molar-refractivity contribution in [2.75, 3.05) is 6.61 Å². The molecule has 2 heteroatoms. The number of benzene rings is 1. The third kappa shape index (κ3) is 8.88. The van der Waals surface area contributed by atoms with Gasteiger partial charge in [0.1, 0.15) is 5.78 Å². The predicted molar refractivity (Wildman–Crippen MR) is 114 cm³/mol. The van der Waals surface area contributed by atoms with Crippen LogP contribution >= 0.6 is 0 Å². The second-order valence-corrected chi connectivity index (χ2v) is 7.94. The first-order chi connectivity index (χ1) is 13.3. The van der Waals surface area contributed by atoms with Crippen molar-refractivity contribution in [2.24, 2.45) is 11.8 Å². The Hall–Kier alpha value is -1.41. The molecule has 0 heterocycles. The summed E-state index contributed by atoms with van der Waals surface area (Å²) in [5.74, 6) is 1.47. The molecule has 2 rings (SSSR count). The SMILES string of the molecule is CC/C=C\CC1C(=O)CCC1CCCCCCCCOCc1ccccc1. The molecule has 1 fully saturated rings. The van der Waals surface area contributed by atoms with Gasteiger partial charge in [-0.1, -0.05) is 81.5 Å². The van der Waals surface area contributed by atoms with E-state index < -0.39 is 0 Å². The third-order valence-corrected chi connectivity index (χ3v) is 5.76. The van der Waals surface area contributed by atoms with Crippen LogP contribution in [0, 0.1) is 11.8 Å². The van der Waals surface area contributed by atoms with Crippen LogP contribution in [0.3, 0.4) is 0 Å². The van der Waals surface area contributed by atoms with Crippen LogP contribution in [0.1, 0.15) is 83.1 Å². The van der Waals surface area contributed by atoms with Crippen LogP contribution in [0.15, 0.2) is 42.5 Å². The lowest BCUT2D eigenvalue weighted by Crippen LogP contribution is -2.14. The molecule has 2 atom stereocenters. The van der Waals surface area contributed by atoms with Crippen LogP contribution in [0.2, 0.25) is 0 Å². The molecule has 0 N–H and O–H groups in total. The number of unbranched alkanes of at least 4 members (excludes halogenated alkanes) is 5. The van der Waals surface area contributed by atoms with E-state index >= 15 is 0 Å². The number of hydrogen-bond acceptors (Lipinski definition) is 2. The smallest absolute Gasteiger partial charge is 0.136 e. The van der Waals surface area contributed by atoms with Gasteiger partial charge in [-0.2, -0.15) is 0 Å². The summed E-state index contributed by atoms with van der Waals surface area (Å²) < 4.78 is 5.74. The molecule has 1 aromatic carbocycles. The van der Waals surface area contributed by atoms with Crippen LogP contribution in [-0.4, -0.2) is 12.4 Å². The van der Waals surface area contributed by atoms with E-state index in [0.29, 0.717) is 17.6 Å². The highest BCUT2D eigenvalue weighted by molar-refractivity contribution is 5.83. The molecule has 150 valence electrons. The summed E-state index contributed by atoms with van der Waals surface area (Å²) >= 11 is 0. The van der Waals surface area contributed by atoms with E-state index in [9.17, 15) is 4.79 Å². The van der Waals surface area contributed by atoms with E-state index in [-0.39, 0.29) is 0 Å². The molecule has 0 radical (unpaired) electrons. The van der Waals surface area contributed by atoms with Crippen molar-refractivity contribution in [1.29, 1.82) is 0 Å². The number of allylic oxidation sites excluding steroid dienone is 2. The highest BCUT2D eigenvalue weighted by Gasteiger charge is 2.32. The van der Waals surface area contributed by atoms with E-state index in [1.54, 1.807) is 0 Å². The summed E-state index contributed by atoms with van der Waals surface area (Å²) in [6, 6.07) is 10.4. The summed E-state index contributed by atoms with van der Waals surface area (Å²) in [6.07, 6.45) is 17.3. The van der Waals surface area contributed by atoms with Crippen LogP contribution in [0.25, 0.3) is 0 Å². The van der Waals surface area contributed by atoms with Crippen molar-refractivity contribution in [1.82, 2.24) is 0 Å². The molecule has 0 spiro atoms. The summed E-state index contributed by atoms with van der Waals surface area (Å²) in [5.41, 5.74) is 1.26. The molecule has 0 aliphatic heterocycles. The van der Waals surface area contributed by atoms with Crippen molar-refractivity contribution in [3.05, 3.63) is 48.0 Å². The average molecular weight is 371 g/mol. The molecule has 27 heavy (non-hydrogen) atoms. The monoisotopic (exact) mass is 370 g/mol. The third-order valence-electron chi connectivity index (χ3n) is 5.76. The Balaban J connectivity index is 1.44. The predicted octanol–water partition coefficient (Wildman–Crippen LogP) is 6.89. The summed E-state index contributed by atoms with van der Waals surface area (Å²) in [7, 11) is 0. The molecule has 1 aliphatic carbocycles. The number of hydrogen-bond donors (Lipinski definition) is 0. The van der Waals surface area contributed by atoms with Crippen molar-refractivity contribution in [3.63, 3.8) is 0 Å². The molecule has 1 aliphatic rings. The normalized spacial score (nSPS) is 20.0. The number of Topliss-reactive ketones (excluding diaryl/α,β-unsaturated/α-hetero) is 1. The van der Waals surface area contributed by atoms with Crippen LogP contribution < -0.4 is 0 Å². The van der Waals surface area contributed by atoms with Crippen molar-refractivity contribution < 1.29 is 9.53 Å². The molecule has 0 saturated heterocycles. The van der Waals surface area contributed by atoms with Gasteiger partial charge in [-0.3, -0.25) is 4.79 Å². The molecular formula is C25H38O2. The molecule has 0 bridgehead atoms. The van der Waals surface area contributed by atoms with Crippen LogP contribution in [-0.2, 0) is 16.1 Å². The molecule has 0 amide bonds. The van der Waals surface area contributed by atoms with Gasteiger partial charge in [0.15, 0.2) is 0 Å². The summed E-state index contributed by atoms with van der Waals surface area (Å²) in [4.78, 5) is 12.1. The van der Waals surface area contributed by atoms with Crippen molar-refractivity contribution >= 4 is 5.78 Å². The summed E-state index contributed by atoms with van der Waals surface area (Å²) in [5, 5.41) is 0. The second kappa shape index (κ2) is 13.7. The highest BCUT2D eigenvalue weighted by Crippen LogP contribution is 2.35. The van der Waals surface area contributed by atoms with Gasteiger partial charge in [0.25, 0.3) is 0 Å². The van der Waals surface area contributed by atoms with Crippen molar-refractivity contribution in [2.45, 2.75) is 84.2 Å². The zero-order valence-electron chi connectivity index (χ0n) is 17.2. The quantitative estimate of drug-likeness (QED) is 0.263. The lowest BCUT2D eigenvalue weighted by Gasteiger charge is -2.16. The average Bonchev–Trinajstić information content (AvgIpc) is 3.04. The van der Waals surface area contributed by atoms with Crippen molar-refractivity contribution in [3.8, 4) is 0 Å². The molecule has 1 saturated carbocycles. The lowest BCUT2D eigenvalue weighted by atomic mass is 9.87. The second-order valence-electron chi connectivity index (χ2n) is 7.94. The number of ether oxygens (including phenoxy) is 1. The van der Waals surface area contributed by atoms with Gasteiger partial charge in [-0.15, -0.1) is 0 Å². The maximum atomic E-state index is 12.1. The Morgan fingerprint density at radius 3 is 2.52 bits per heavy atom. The van der Waals surface area contributed by atoms with E-state index in [2.05, 4.69) is 43.3 Å². The van der Waals surface area contributed by atoms with E-state index in [1.165, 1.54) is 44.1 Å². The Morgan fingerprint density at radius 2 is 1.74 bits per heavy atom. The Morgan fingerprint density at radius 1 is 1.00 bits per heavy atom. The minimum absolute atomic E-state index is 0.314. The Labute approximate surface area is 166 Å². The maximum Gasteiger partial charge on any atom is 0.136 e. The maximum absolute atomic E-state index is 12.1. The van der Waals surface area contributed by atoms with Gasteiger partial charge in [0, 0.05) is 18.9 Å². The first-order valence-corrected chi connectivity index (χ1v) is 11.1. The molecule has 1 aromatic rings. The zero-order chi connectivity index (χ0) is 19.2. The minimum Gasteiger partial charge on any atom is -0.377 e. The largest absolute Gasteiger partial charge is 0.377 e. The molecule has 2 unspecified atom stereocenters. The minimum atomic E-state index is 0.314. The summed E-state index contributed by atoms with van der Waals surface area (Å²) in [6.45, 7) is 3.75. The lowest BCUT2D eigenvalue weighted by molar-refractivity contribution is -0.121. The van der Waals surface area contributed by atoms with Crippen LogP contribution in [0.5, 0.6) is 0 Å². The van der Waals surface area contributed by atoms with Gasteiger partial charge < -0.3 is 4.74 Å². The topological polar surface area (TPSA) is 26.3 Å². The van der Waals surface area contributed by atoms with E-state index in [4.69, 9.17) is 4.74 Å². The van der Waals surface area contributed by atoms with Gasteiger partial charge in [0.2, 0.25) is 0 Å². The van der Waals surface area contributed by atoms with Gasteiger partial charge in [-0.25, -0.2) is 0 Å². The van der Waals surface area contributed by atoms with Crippen LogP contribution in [0.4, 0.5) is 0 Å². The Bertz CT molecular complexity index is 535. The number of carbonyl (C=O) groups excluding carboxylic acids is 1. The zero-order valence-corrected chi connectivity index (χ0v) is 17.2. The fourth-order valence-corrected chi connectivity index (χ4v) is 4.14. The molecular weight excluding hydrogens is 332 g/mol. The first kappa shape index (κ1) is 21.9. The highest BCUT2D eigenvalue weighted by atomic mass is 16.5. The fourth-order valence-electron chi connectivity index (χ4n) is 4.14. The van der Waals surface area contributed by atoms with E-state index in [1.807, 2.05) is 6.07 Å². The number of rotatable bonds is 14. The number of ketones is 1.